The minimum absolute atomic E-state index is 0.0980. The molecule has 0 heterocycles. The van der Waals surface area contributed by atoms with E-state index in [0.29, 0.717) is 29.9 Å². The standard InChI is InChI=1S/C13H25NO2.C11H21NO2.C10H19NO2.C9H17NO2/c1-6-9-10-12(14(7-2)8-3)16-13(15)11(4)5;1-6-7-8-10(12(4)5)14-11(13)9(2)3;1-9(2)10(12)13-8-6-5-7-11(3)4;1-4-9(11)12-8-6-5-7-10(2)3/h12H,4,6-10H2,1-3,5H3;10H,2,6-8H2,1,3-5H3;1,5-8H2,2-4H3;4H,1,5-8H2,2-3H3. The van der Waals surface area contributed by atoms with Crippen LogP contribution in [-0.4, -0.2) is 138 Å². The van der Waals surface area contributed by atoms with E-state index in [0.717, 1.165) is 90.4 Å². The molecule has 322 valence electrons. The molecule has 12 heteroatoms. The second-order valence-corrected chi connectivity index (χ2v) is 14.1. The molecule has 0 N–H and O–H groups in total. The summed E-state index contributed by atoms with van der Waals surface area (Å²) in [4.78, 5) is 52.5. The highest BCUT2D eigenvalue weighted by atomic mass is 16.6. The summed E-state index contributed by atoms with van der Waals surface area (Å²) in [5.41, 5.74) is 1.38. The molecule has 0 aliphatic carbocycles. The minimum Gasteiger partial charge on any atom is -0.463 e. The van der Waals surface area contributed by atoms with Crippen LogP contribution < -0.4 is 0 Å². The van der Waals surface area contributed by atoms with Crippen LogP contribution in [0.3, 0.4) is 0 Å². The molecule has 0 rings (SSSR count). The van der Waals surface area contributed by atoms with Crippen LogP contribution >= 0.6 is 0 Å². The van der Waals surface area contributed by atoms with Crippen molar-refractivity contribution in [2.24, 2.45) is 0 Å². The van der Waals surface area contributed by atoms with Crippen molar-refractivity contribution in [2.45, 2.75) is 125 Å². The van der Waals surface area contributed by atoms with E-state index in [1.807, 2.05) is 47.2 Å². The number of carbonyl (C=O) groups excluding carboxylic acids is 4. The van der Waals surface area contributed by atoms with Gasteiger partial charge in [-0.15, -0.1) is 0 Å². The third-order valence-corrected chi connectivity index (χ3v) is 7.58. The van der Waals surface area contributed by atoms with E-state index in [1.54, 1.807) is 20.8 Å². The van der Waals surface area contributed by atoms with Crippen LogP contribution in [0.1, 0.15) is 113 Å². The van der Waals surface area contributed by atoms with Crippen LogP contribution in [0.25, 0.3) is 0 Å². The number of hydrogen-bond donors (Lipinski definition) is 0. The SMILES string of the molecule is C=C(C)C(=O)OC(CCCC)N(C)C.C=C(C)C(=O)OC(CCCC)N(CC)CC.C=C(C)C(=O)OCCCCN(C)C.C=CC(=O)OCCCCN(C)C. The van der Waals surface area contributed by atoms with E-state index in [4.69, 9.17) is 18.9 Å². The number of esters is 4. The van der Waals surface area contributed by atoms with Gasteiger partial charge in [-0.2, -0.15) is 0 Å². The van der Waals surface area contributed by atoms with Crippen molar-refractivity contribution >= 4 is 23.9 Å². The Labute approximate surface area is 336 Å². The summed E-state index contributed by atoms with van der Waals surface area (Å²) in [6, 6.07) is 0. The van der Waals surface area contributed by atoms with Gasteiger partial charge in [-0.3, -0.25) is 9.80 Å². The normalized spacial score (nSPS) is 11.4. The Hall–Kier alpha value is -3.32. The summed E-state index contributed by atoms with van der Waals surface area (Å²) in [5, 5.41) is 0. The van der Waals surface area contributed by atoms with Gasteiger partial charge in [-0.05, 0) is 141 Å². The zero-order valence-corrected chi connectivity index (χ0v) is 37.4. The van der Waals surface area contributed by atoms with Gasteiger partial charge in [0.2, 0.25) is 0 Å². The Kier molecular flexibility index (Phi) is 41.3. The third kappa shape index (κ3) is 40.2. The quantitative estimate of drug-likeness (QED) is 0.0282. The van der Waals surface area contributed by atoms with Gasteiger partial charge in [0.25, 0.3) is 0 Å². The molecule has 0 fully saturated rings. The summed E-state index contributed by atoms with van der Waals surface area (Å²) in [5.74, 6) is -1.21. The Morgan fingerprint density at radius 2 is 0.945 bits per heavy atom. The van der Waals surface area contributed by atoms with Gasteiger partial charge in [0.15, 0.2) is 12.5 Å². The van der Waals surface area contributed by atoms with Gasteiger partial charge in [0, 0.05) is 22.8 Å². The predicted molar refractivity (Wildman–Crippen MR) is 228 cm³/mol. The van der Waals surface area contributed by atoms with Crippen LogP contribution in [-0.2, 0) is 38.1 Å². The smallest absolute Gasteiger partial charge is 0.334 e. The van der Waals surface area contributed by atoms with E-state index in [2.05, 4.69) is 68.7 Å². The molecular weight excluding hydrogens is 700 g/mol. The highest BCUT2D eigenvalue weighted by Gasteiger charge is 2.20. The number of rotatable bonds is 26. The molecule has 12 nitrogen and oxygen atoms in total. The van der Waals surface area contributed by atoms with Gasteiger partial charge in [-0.25, -0.2) is 19.2 Å². The van der Waals surface area contributed by atoms with Gasteiger partial charge >= 0.3 is 23.9 Å². The molecule has 0 aromatic heterocycles. The Bertz CT molecular complexity index is 1070. The highest BCUT2D eigenvalue weighted by Crippen LogP contribution is 2.12. The molecule has 0 saturated carbocycles. The largest absolute Gasteiger partial charge is 0.463 e. The zero-order chi connectivity index (χ0) is 43.4. The van der Waals surface area contributed by atoms with Crippen LogP contribution in [0.4, 0.5) is 0 Å². The molecule has 0 amide bonds. The lowest BCUT2D eigenvalue weighted by Gasteiger charge is -2.29. The number of hydrogen-bond acceptors (Lipinski definition) is 12. The molecule has 55 heavy (non-hydrogen) atoms. The molecule has 0 radical (unpaired) electrons. The maximum Gasteiger partial charge on any atom is 0.334 e. The summed E-state index contributed by atoms with van der Waals surface area (Å²) in [6.45, 7) is 32.2. The molecular formula is C43H82N4O8. The summed E-state index contributed by atoms with van der Waals surface area (Å²) in [7, 11) is 11.9. The fraction of sp³-hybridized carbons (Fsp3) is 0.721. The second-order valence-electron chi connectivity index (χ2n) is 14.1. The first-order valence-electron chi connectivity index (χ1n) is 19.8. The van der Waals surface area contributed by atoms with Crippen molar-refractivity contribution in [1.29, 1.82) is 0 Å². The van der Waals surface area contributed by atoms with Crippen molar-refractivity contribution in [1.82, 2.24) is 19.6 Å². The van der Waals surface area contributed by atoms with Gasteiger partial charge in [0.05, 0.1) is 13.2 Å². The fourth-order valence-electron chi connectivity index (χ4n) is 4.16. The zero-order valence-electron chi connectivity index (χ0n) is 37.4. The Morgan fingerprint density at radius 1 is 0.564 bits per heavy atom. The third-order valence-electron chi connectivity index (χ3n) is 7.58. The molecule has 0 aromatic rings. The van der Waals surface area contributed by atoms with Crippen molar-refractivity contribution < 1.29 is 38.1 Å². The molecule has 0 aromatic carbocycles. The van der Waals surface area contributed by atoms with Gasteiger partial charge in [0.1, 0.15) is 0 Å². The minimum atomic E-state index is -0.333. The molecule has 0 aliphatic heterocycles. The number of carbonyl (C=O) groups is 4. The van der Waals surface area contributed by atoms with Crippen LogP contribution in [0.5, 0.6) is 0 Å². The fourth-order valence-corrected chi connectivity index (χ4v) is 4.16. The maximum atomic E-state index is 11.5. The van der Waals surface area contributed by atoms with E-state index >= 15 is 0 Å². The first kappa shape index (κ1) is 58.4. The number of ether oxygens (including phenoxy) is 4. The lowest BCUT2D eigenvalue weighted by molar-refractivity contribution is -0.155. The molecule has 0 spiro atoms. The monoisotopic (exact) mass is 783 g/mol. The van der Waals surface area contributed by atoms with E-state index in [9.17, 15) is 19.2 Å². The average molecular weight is 783 g/mol. The maximum absolute atomic E-state index is 11.5. The summed E-state index contributed by atoms with van der Waals surface area (Å²) >= 11 is 0. The first-order valence-corrected chi connectivity index (χ1v) is 19.8. The highest BCUT2D eigenvalue weighted by molar-refractivity contribution is 5.87. The molecule has 0 bridgehead atoms. The van der Waals surface area contributed by atoms with Gasteiger partial charge < -0.3 is 28.7 Å². The first-order chi connectivity index (χ1) is 25.7. The van der Waals surface area contributed by atoms with Gasteiger partial charge in [-0.1, -0.05) is 66.9 Å². The predicted octanol–water partition coefficient (Wildman–Crippen LogP) is 7.65. The van der Waals surface area contributed by atoms with E-state index in [-0.39, 0.29) is 36.3 Å². The molecule has 2 unspecified atom stereocenters. The Morgan fingerprint density at radius 3 is 1.27 bits per heavy atom. The lowest BCUT2D eigenvalue weighted by atomic mass is 10.2. The molecule has 0 aliphatic rings. The van der Waals surface area contributed by atoms with E-state index in [1.165, 1.54) is 6.08 Å². The van der Waals surface area contributed by atoms with Crippen LogP contribution in [0.2, 0.25) is 0 Å². The van der Waals surface area contributed by atoms with Crippen LogP contribution in [0, 0.1) is 0 Å². The Balaban J connectivity index is -0.000000317. The average Bonchev–Trinajstić information content (AvgIpc) is 3.12. The van der Waals surface area contributed by atoms with Crippen molar-refractivity contribution in [3.63, 3.8) is 0 Å². The second kappa shape index (κ2) is 38.9. The number of unbranched alkanes of at least 4 members (excludes halogenated alkanes) is 4. The van der Waals surface area contributed by atoms with Crippen molar-refractivity contribution in [3.8, 4) is 0 Å². The summed E-state index contributed by atoms with van der Waals surface area (Å²) < 4.78 is 20.4. The van der Waals surface area contributed by atoms with Crippen LogP contribution in [0.15, 0.2) is 49.1 Å². The molecule has 0 saturated heterocycles. The lowest BCUT2D eigenvalue weighted by Crippen LogP contribution is -2.38. The summed E-state index contributed by atoms with van der Waals surface area (Å²) in [6.07, 6.45) is 11.0. The van der Waals surface area contributed by atoms with Crippen molar-refractivity contribution in [3.05, 3.63) is 49.1 Å². The number of nitrogens with zero attached hydrogens (tertiary/aromatic N) is 4. The van der Waals surface area contributed by atoms with E-state index < -0.39 is 0 Å². The molecule has 2 atom stereocenters. The topological polar surface area (TPSA) is 118 Å². The van der Waals surface area contributed by atoms with Crippen molar-refractivity contribution in [2.75, 3.05) is 81.7 Å².